The van der Waals surface area contributed by atoms with Gasteiger partial charge in [0.05, 0.1) is 5.39 Å². The zero-order chi connectivity index (χ0) is 13.5. The molecule has 4 rings (SSSR count). The van der Waals surface area contributed by atoms with Crippen molar-refractivity contribution in [2.45, 2.75) is 0 Å². The minimum Gasteiger partial charge on any atom is -0.458 e. The van der Waals surface area contributed by atoms with E-state index >= 15 is 0 Å². The molecule has 2 nitrogen and oxygen atoms in total. The molecule has 2 aromatic carbocycles. The summed E-state index contributed by atoms with van der Waals surface area (Å²) in [5.41, 5.74) is 1.04. The second kappa shape index (κ2) is 4.32. The van der Waals surface area contributed by atoms with E-state index in [1.54, 1.807) is 11.3 Å². The molecule has 0 aliphatic rings. The van der Waals surface area contributed by atoms with Gasteiger partial charge in [-0.3, -0.25) is 0 Å². The minimum absolute atomic E-state index is 0.307. The molecule has 3 heteroatoms. The number of hydrogen-bond donors (Lipinski definition) is 1. The van der Waals surface area contributed by atoms with Crippen molar-refractivity contribution in [2.75, 3.05) is 0 Å². The Labute approximate surface area is 120 Å². The van der Waals surface area contributed by atoms with Crippen LogP contribution >= 0.6 is 11.3 Å². The van der Waals surface area contributed by atoms with Crippen molar-refractivity contribution in [2.24, 2.45) is 0 Å². The number of aromatic nitrogens is 1. The second-order valence-corrected chi connectivity index (χ2v) is 5.70. The summed E-state index contributed by atoms with van der Waals surface area (Å²) in [6, 6.07) is 20.3. The molecule has 2 heterocycles. The summed E-state index contributed by atoms with van der Waals surface area (Å²) >= 11 is 1.62. The average Bonchev–Trinajstić information content (AvgIpc) is 2.86. The third-order valence-electron chi connectivity index (χ3n) is 3.48. The SMILES string of the molecule is Oc1c(-c2ccccc2)sc2c3ccccc3cc[n+]12. The monoisotopic (exact) mass is 278 g/mol. The number of benzene rings is 2. The number of nitrogens with zero attached hydrogens (tertiary/aromatic N) is 1. The van der Waals surface area contributed by atoms with Gasteiger partial charge in [0.2, 0.25) is 0 Å². The average molecular weight is 278 g/mol. The molecule has 1 N–H and O–H groups in total. The topological polar surface area (TPSA) is 24.3 Å². The molecule has 20 heavy (non-hydrogen) atoms. The number of thiazole rings is 1. The van der Waals surface area contributed by atoms with Gasteiger partial charge in [-0.05, 0) is 11.5 Å². The third kappa shape index (κ3) is 1.60. The van der Waals surface area contributed by atoms with Crippen molar-refractivity contribution in [3.8, 4) is 16.3 Å². The van der Waals surface area contributed by atoms with Crippen LogP contribution in [0.2, 0.25) is 0 Å². The summed E-state index contributed by atoms with van der Waals surface area (Å²) in [7, 11) is 0. The first-order valence-corrected chi connectivity index (χ1v) is 7.26. The molecule has 2 aromatic heterocycles. The van der Waals surface area contributed by atoms with E-state index in [4.69, 9.17) is 0 Å². The lowest BCUT2D eigenvalue weighted by molar-refractivity contribution is -0.516. The van der Waals surface area contributed by atoms with E-state index < -0.39 is 0 Å². The first-order chi connectivity index (χ1) is 9.84. The van der Waals surface area contributed by atoms with E-state index in [1.165, 1.54) is 5.39 Å². The fraction of sp³-hybridized carbons (Fsp3) is 0. The lowest BCUT2D eigenvalue weighted by atomic mass is 10.2. The molecule has 0 bridgehead atoms. The van der Waals surface area contributed by atoms with Gasteiger partial charge < -0.3 is 5.11 Å². The van der Waals surface area contributed by atoms with Crippen LogP contribution in [0.3, 0.4) is 0 Å². The summed E-state index contributed by atoms with van der Waals surface area (Å²) in [6.07, 6.45) is 1.93. The van der Waals surface area contributed by atoms with Crippen molar-refractivity contribution in [3.63, 3.8) is 0 Å². The first-order valence-electron chi connectivity index (χ1n) is 6.45. The van der Waals surface area contributed by atoms with Gasteiger partial charge in [0.15, 0.2) is 11.1 Å². The Balaban J connectivity index is 2.10. The largest absolute Gasteiger partial charge is 0.458 e. The molecule has 0 amide bonds. The van der Waals surface area contributed by atoms with Crippen molar-refractivity contribution in [1.29, 1.82) is 0 Å². The standard InChI is InChI=1S/C17H11NOS/c19-16-15(13-7-2-1-3-8-13)20-17-14-9-5-4-6-12(14)10-11-18(16)17/h1-11H/p+1. The zero-order valence-corrected chi connectivity index (χ0v) is 11.5. The summed E-state index contributed by atoms with van der Waals surface area (Å²) in [5, 5.41) is 12.8. The van der Waals surface area contributed by atoms with Crippen LogP contribution in [0, 0.1) is 0 Å². The van der Waals surface area contributed by atoms with Crippen LogP contribution < -0.4 is 4.40 Å². The summed E-state index contributed by atoms with van der Waals surface area (Å²) in [4.78, 5) is 1.97. The fourth-order valence-corrected chi connectivity index (χ4v) is 3.67. The number of fused-ring (bicyclic) bond motifs is 3. The van der Waals surface area contributed by atoms with Crippen LogP contribution in [0.25, 0.3) is 26.0 Å². The first kappa shape index (κ1) is 11.4. The second-order valence-electron chi connectivity index (χ2n) is 4.70. The van der Waals surface area contributed by atoms with Crippen LogP contribution in [-0.4, -0.2) is 5.11 Å². The van der Waals surface area contributed by atoms with Crippen molar-refractivity contribution < 1.29 is 9.51 Å². The Bertz CT molecular complexity index is 912. The molecule has 0 unspecified atom stereocenters. The number of hydrogen-bond acceptors (Lipinski definition) is 2. The highest BCUT2D eigenvalue weighted by Gasteiger charge is 2.23. The maximum absolute atomic E-state index is 10.5. The molecule has 0 spiro atoms. The normalized spacial score (nSPS) is 11.2. The van der Waals surface area contributed by atoms with E-state index in [9.17, 15) is 5.11 Å². The van der Waals surface area contributed by atoms with Crippen LogP contribution in [0.4, 0.5) is 0 Å². The predicted molar refractivity (Wildman–Crippen MR) is 82.1 cm³/mol. The smallest absolute Gasteiger partial charge is 0.390 e. The van der Waals surface area contributed by atoms with E-state index in [1.807, 2.05) is 59.1 Å². The quantitative estimate of drug-likeness (QED) is 0.523. The van der Waals surface area contributed by atoms with Crippen LogP contribution in [0.5, 0.6) is 5.88 Å². The van der Waals surface area contributed by atoms with Gasteiger partial charge in [0, 0.05) is 11.6 Å². The third-order valence-corrected chi connectivity index (χ3v) is 4.71. The molecule has 0 saturated carbocycles. The van der Waals surface area contributed by atoms with Crippen LogP contribution in [-0.2, 0) is 0 Å². The van der Waals surface area contributed by atoms with Gasteiger partial charge in [-0.15, -0.1) is 4.40 Å². The molecular formula is C17H12NOS+. The highest BCUT2D eigenvalue weighted by molar-refractivity contribution is 7.21. The van der Waals surface area contributed by atoms with Crippen molar-refractivity contribution in [1.82, 2.24) is 0 Å². The molecular weight excluding hydrogens is 266 g/mol. The lowest BCUT2D eigenvalue weighted by Crippen LogP contribution is -2.17. The van der Waals surface area contributed by atoms with Gasteiger partial charge in [-0.25, -0.2) is 0 Å². The number of pyridine rings is 1. The number of rotatable bonds is 1. The summed E-state index contributed by atoms with van der Waals surface area (Å²) in [6.45, 7) is 0. The minimum atomic E-state index is 0.307. The molecule has 4 aromatic rings. The van der Waals surface area contributed by atoms with Crippen LogP contribution in [0.15, 0.2) is 66.9 Å². The Kier molecular flexibility index (Phi) is 2.47. The molecule has 96 valence electrons. The summed E-state index contributed by atoms with van der Waals surface area (Å²) in [5.74, 6) is 0.307. The van der Waals surface area contributed by atoms with Gasteiger partial charge in [-0.2, -0.15) is 0 Å². The molecule has 0 radical (unpaired) electrons. The predicted octanol–water partition coefficient (Wildman–Crippen LogP) is 4.01. The maximum atomic E-state index is 10.5. The van der Waals surface area contributed by atoms with Gasteiger partial charge in [-0.1, -0.05) is 59.9 Å². The Morgan fingerprint density at radius 2 is 1.60 bits per heavy atom. The van der Waals surface area contributed by atoms with E-state index in [0.29, 0.717) is 5.88 Å². The summed E-state index contributed by atoms with van der Waals surface area (Å²) < 4.78 is 1.86. The van der Waals surface area contributed by atoms with Crippen molar-refractivity contribution >= 4 is 26.9 Å². The lowest BCUT2D eigenvalue weighted by Gasteiger charge is -1.93. The molecule has 0 fully saturated rings. The van der Waals surface area contributed by atoms with E-state index in [0.717, 1.165) is 20.7 Å². The Hall–Kier alpha value is -2.39. The van der Waals surface area contributed by atoms with E-state index in [-0.39, 0.29) is 0 Å². The van der Waals surface area contributed by atoms with Crippen molar-refractivity contribution in [3.05, 3.63) is 66.9 Å². The number of aromatic hydroxyl groups is 1. The highest BCUT2D eigenvalue weighted by Crippen LogP contribution is 2.36. The zero-order valence-electron chi connectivity index (χ0n) is 10.7. The maximum Gasteiger partial charge on any atom is 0.390 e. The molecule has 0 atom stereocenters. The Morgan fingerprint density at radius 1 is 0.850 bits per heavy atom. The van der Waals surface area contributed by atoms with Gasteiger partial charge in [0.1, 0.15) is 0 Å². The fourth-order valence-electron chi connectivity index (χ4n) is 2.49. The molecule has 0 saturated heterocycles. The highest BCUT2D eigenvalue weighted by atomic mass is 32.1. The molecule has 0 aliphatic heterocycles. The van der Waals surface area contributed by atoms with Gasteiger partial charge >= 0.3 is 5.88 Å². The van der Waals surface area contributed by atoms with E-state index in [2.05, 4.69) is 12.1 Å². The van der Waals surface area contributed by atoms with Crippen LogP contribution in [0.1, 0.15) is 0 Å². The van der Waals surface area contributed by atoms with Gasteiger partial charge in [0.25, 0.3) is 4.83 Å². The Morgan fingerprint density at radius 3 is 2.45 bits per heavy atom. The molecule has 0 aliphatic carbocycles.